The number of halogens is 3. The van der Waals surface area contributed by atoms with Crippen molar-refractivity contribution in [2.45, 2.75) is 57.3 Å². The molecule has 1 heterocycles. The number of esters is 1. The second-order valence-electron chi connectivity index (χ2n) is 13.4. The fraction of sp³-hybridized carbons (Fsp3) is 0.325. The molecule has 7 nitrogen and oxygen atoms in total. The van der Waals surface area contributed by atoms with Crippen LogP contribution in [0.2, 0.25) is 0 Å². The first-order chi connectivity index (χ1) is 23.7. The van der Waals surface area contributed by atoms with Crippen LogP contribution >= 0.6 is 0 Å². The Morgan fingerprint density at radius 2 is 1.42 bits per heavy atom. The normalized spacial score (nSPS) is 15.3. The van der Waals surface area contributed by atoms with Crippen molar-refractivity contribution in [3.63, 3.8) is 0 Å². The molecule has 0 saturated carbocycles. The Morgan fingerprint density at radius 1 is 0.820 bits per heavy atom. The monoisotopic (exact) mass is 686 g/mol. The molecule has 5 rings (SSSR count). The molecule has 1 aliphatic heterocycles. The highest BCUT2D eigenvalue weighted by molar-refractivity contribution is 6.01. The standard InChI is InChI=1S/C40H41F3N2O5/c1-39(2,3)50-38(48)45-24-10-13-32(45)25-44(26-35(37(47)49-4)30-18-16-28(17-19-30)27-11-6-5-7-12-27)36(46)34-15-9-8-14-33(34)29-20-22-31(23-21-29)40(41,42)43/h5-9,11-12,14-23,32,35H,10,13,24-26H2,1-4H3/t32-,35+/m0/s1. The summed E-state index contributed by atoms with van der Waals surface area (Å²) in [5, 5.41) is 0. The summed E-state index contributed by atoms with van der Waals surface area (Å²) in [5.74, 6) is -1.85. The molecular formula is C40H41F3N2O5. The van der Waals surface area contributed by atoms with Gasteiger partial charge in [-0.25, -0.2) is 4.79 Å². The number of benzene rings is 4. The fourth-order valence-corrected chi connectivity index (χ4v) is 6.23. The van der Waals surface area contributed by atoms with E-state index in [0.29, 0.717) is 36.1 Å². The summed E-state index contributed by atoms with van der Waals surface area (Å²) in [6, 6.07) is 28.2. The largest absolute Gasteiger partial charge is 0.468 e. The number of hydrogen-bond donors (Lipinski definition) is 0. The molecule has 0 bridgehead atoms. The summed E-state index contributed by atoms with van der Waals surface area (Å²) in [6.45, 7) is 5.83. The number of nitrogens with zero attached hydrogens (tertiary/aromatic N) is 2. The van der Waals surface area contributed by atoms with Crippen molar-refractivity contribution in [2.75, 3.05) is 26.7 Å². The van der Waals surface area contributed by atoms with Crippen molar-refractivity contribution in [2.24, 2.45) is 0 Å². The van der Waals surface area contributed by atoms with Crippen molar-refractivity contribution in [3.8, 4) is 22.3 Å². The summed E-state index contributed by atoms with van der Waals surface area (Å²) in [6.07, 6.45) is -3.68. The highest BCUT2D eigenvalue weighted by atomic mass is 19.4. The van der Waals surface area contributed by atoms with Gasteiger partial charge in [0, 0.05) is 25.2 Å². The topological polar surface area (TPSA) is 76.2 Å². The van der Waals surface area contributed by atoms with Crippen LogP contribution in [0.3, 0.4) is 0 Å². The number of carbonyl (C=O) groups is 3. The van der Waals surface area contributed by atoms with E-state index in [1.54, 1.807) is 54.8 Å². The van der Waals surface area contributed by atoms with Gasteiger partial charge < -0.3 is 19.3 Å². The Labute approximate surface area is 290 Å². The lowest BCUT2D eigenvalue weighted by Gasteiger charge is -2.34. The number of rotatable bonds is 9. The average Bonchev–Trinajstić information content (AvgIpc) is 3.57. The number of methoxy groups -OCH3 is 1. The predicted octanol–water partition coefficient (Wildman–Crippen LogP) is 8.84. The molecule has 0 unspecified atom stereocenters. The molecule has 0 radical (unpaired) electrons. The molecule has 2 amide bonds. The van der Waals surface area contributed by atoms with Gasteiger partial charge in [0.1, 0.15) is 5.60 Å². The van der Waals surface area contributed by atoms with Crippen LogP contribution in [-0.2, 0) is 20.4 Å². The number of amides is 2. The molecule has 4 aromatic carbocycles. The van der Waals surface area contributed by atoms with E-state index >= 15 is 0 Å². The zero-order chi connectivity index (χ0) is 36.1. The Hall–Kier alpha value is -5.12. The van der Waals surface area contributed by atoms with Crippen molar-refractivity contribution in [1.82, 2.24) is 9.80 Å². The van der Waals surface area contributed by atoms with E-state index in [-0.39, 0.29) is 18.7 Å². The van der Waals surface area contributed by atoms with Gasteiger partial charge in [-0.1, -0.05) is 84.9 Å². The van der Waals surface area contributed by atoms with Gasteiger partial charge in [-0.3, -0.25) is 9.59 Å². The fourth-order valence-electron chi connectivity index (χ4n) is 6.23. The lowest BCUT2D eigenvalue weighted by molar-refractivity contribution is -0.142. The second kappa shape index (κ2) is 15.2. The Bertz CT molecular complexity index is 1790. The minimum absolute atomic E-state index is 0.0732. The number of ether oxygens (including phenoxy) is 2. The van der Waals surface area contributed by atoms with E-state index < -0.39 is 47.3 Å². The molecule has 0 N–H and O–H groups in total. The Balaban J connectivity index is 1.52. The summed E-state index contributed by atoms with van der Waals surface area (Å²) < 4.78 is 50.9. The van der Waals surface area contributed by atoms with Crippen LogP contribution in [0, 0.1) is 0 Å². The van der Waals surface area contributed by atoms with E-state index in [2.05, 4.69) is 0 Å². The van der Waals surface area contributed by atoms with Gasteiger partial charge >= 0.3 is 18.2 Å². The zero-order valence-corrected chi connectivity index (χ0v) is 28.6. The zero-order valence-electron chi connectivity index (χ0n) is 28.6. The third-order valence-electron chi connectivity index (χ3n) is 8.71. The van der Waals surface area contributed by atoms with Crippen LogP contribution in [-0.4, -0.2) is 66.2 Å². The van der Waals surface area contributed by atoms with Crippen LogP contribution in [0.4, 0.5) is 18.0 Å². The van der Waals surface area contributed by atoms with Crippen molar-refractivity contribution < 1.29 is 37.0 Å². The first kappa shape index (κ1) is 36.2. The molecule has 0 aliphatic carbocycles. The van der Waals surface area contributed by atoms with E-state index in [1.807, 2.05) is 54.6 Å². The average molecular weight is 687 g/mol. The number of carbonyl (C=O) groups excluding carboxylic acids is 3. The minimum atomic E-state index is -4.51. The molecule has 262 valence electrons. The number of alkyl halides is 3. The van der Waals surface area contributed by atoms with Gasteiger partial charge in [-0.15, -0.1) is 0 Å². The van der Waals surface area contributed by atoms with Gasteiger partial charge in [0.15, 0.2) is 0 Å². The Morgan fingerprint density at radius 3 is 2.04 bits per heavy atom. The first-order valence-electron chi connectivity index (χ1n) is 16.5. The summed E-state index contributed by atoms with van der Waals surface area (Å²) in [5.41, 5.74) is 2.20. The van der Waals surface area contributed by atoms with E-state index in [0.717, 1.165) is 23.3 Å². The van der Waals surface area contributed by atoms with Gasteiger partial charge in [0.2, 0.25) is 0 Å². The maximum Gasteiger partial charge on any atom is 0.416 e. The van der Waals surface area contributed by atoms with Crippen LogP contribution in [0.1, 0.15) is 61.0 Å². The third-order valence-corrected chi connectivity index (χ3v) is 8.71. The number of hydrogen-bond acceptors (Lipinski definition) is 5. The van der Waals surface area contributed by atoms with Crippen molar-refractivity contribution in [3.05, 3.63) is 120 Å². The molecular weight excluding hydrogens is 645 g/mol. The molecule has 0 aromatic heterocycles. The van der Waals surface area contributed by atoms with Gasteiger partial charge in [0.25, 0.3) is 5.91 Å². The summed E-state index contributed by atoms with van der Waals surface area (Å²) in [4.78, 5) is 44.4. The molecule has 1 fully saturated rings. The molecule has 1 aliphatic rings. The lowest BCUT2D eigenvalue weighted by Crippen LogP contribution is -2.48. The van der Waals surface area contributed by atoms with Gasteiger partial charge in [0.05, 0.1) is 24.6 Å². The predicted molar refractivity (Wildman–Crippen MR) is 185 cm³/mol. The van der Waals surface area contributed by atoms with Crippen LogP contribution in [0.15, 0.2) is 103 Å². The molecule has 1 saturated heterocycles. The van der Waals surface area contributed by atoms with E-state index in [9.17, 15) is 27.6 Å². The van der Waals surface area contributed by atoms with E-state index in [1.165, 1.54) is 19.2 Å². The van der Waals surface area contributed by atoms with Gasteiger partial charge in [-0.2, -0.15) is 13.2 Å². The van der Waals surface area contributed by atoms with Crippen molar-refractivity contribution in [1.29, 1.82) is 0 Å². The van der Waals surface area contributed by atoms with E-state index in [4.69, 9.17) is 9.47 Å². The van der Waals surface area contributed by atoms with Crippen LogP contribution in [0.25, 0.3) is 22.3 Å². The first-order valence-corrected chi connectivity index (χ1v) is 16.5. The second-order valence-corrected chi connectivity index (χ2v) is 13.4. The summed E-state index contributed by atoms with van der Waals surface area (Å²) in [7, 11) is 1.29. The molecule has 50 heavy (non-hydrogen) atoms. The smallest absolute Gasteiger partial charge is 0.416 e. The SMILES string of the molecule is COC(=O)[C@H](CN(C[C@@H]1CCCN1C(=O)OC(C)(C)C)C(=O)c1ccccc1-c1ccc(C(F)(F)F)cc1)c1ccc(-c2ccccc2)cc1. The van der Waals surface area contributed by atoms with Crippen molar-refractivity contribution >= 4 is 18.0 Å². The van der Waals surface area contributed by atoms with Gasteiger partial charge in [-0.05, 0) is 79.6 Å². The molecule has 10 heteroatoms. The van der Waals surface area contributed by atoms with Crippen LogP contribution in [0.5, 0.6) is 0 Å². The third kappa shape index (κ3) is 8.72. The highest BCUT2D eigenvalue weighted by Gasteiger charge is 2.37. The molecule has 2 atom stereocenters. The van der Waals surface area contributed by atoms with Crippen LogP contribution < -0.4 is 0 Å². The maximum absolute atomic E-state index is 14.6. The number of likely N-dealkylation sites (tertiary alicyclic amines) is 1. The maximum atomic E-state index is 14.6. The molecule has 4 aromatic rings. The Kier molecular flexibility index (Phi) is 11.0. The summed E-state index contributed by atoms with van der Waals surface area (Å²) >= 11 is 0. The lowest BCUT2D eigenvalue weighted by atomic mass is 9.94. The minimum Gasteiger partial charge on any atom is -0.468 e. The quantitative estimate of drug-likeness (QED) is 0.165. The highest BCUT2D eigenvalue weighted by Crippen LogP contribution is 2.33. The molecule has 0 spiro atoms.